The summed E-state index contributed by atoms with van der Waals surface area (Å²) in [5.41, 5.74) is 3.87. The van der Waals surface area contributed by atoms with Crippen LogP contribution in [0.3, 0.4) is 0 Å². The second-order valence-corrected chi connectivity index (χ2v) is 5.71. The van der Waals surface area contributed by atoms with Gasteiger partial charge in [-0.3, -0.25) is 0 Å². The molecule has 1 atom stereocenters. The van der Waals surface area contributed by atoms with Gasteiger partial charge in [0.2, 0.25) is 0 Å². The molecule has 1 nitrogen and oxygen atoms in total. The minimum absolute atomic E-state index is 0.328. The van der Waals surface area contributed by atoms with Crippen molar-refractivity contribution in [2.45, 2.75) is 26.3 Å². The summed E-state index contributed by atoms with van der Waals surface area (Å²) in [5, 5.41) is 3.53. The summed E-state index contributed by atoms with van der Waals surface area (Å²) < 4.78 is 1.27. The Morgan fingerprint density at radius 2 is 1.61 bits per heavy atom. The summed E-state index contributed by atoms with van der Waals surface area (Å²) in [7, 11) is 0. The van der Waals surface area contributed by atoms with E-state index in [4.69, 9.17) is 0 Å². The van der Waals surface area contributed by atoms with Crippen LogP contribution in [0.25, 0.3) is 0 Å². The van der Waals surface area contributed by atoms with Gasteiger partial charge in [0.25, 0.3) is 0 Å². The van der Waals surface area contributed by atoms with Crippen molar-refractivity contribution in [3.63, 3.8) is 0 Å². The zero-order valence-corrected chi connectivity index (χ0v) is 12.9. The van der Waals surface area contributed by atoms with Gasteiger partial charge in [0, 0.05) is 15.3 Å². The lowest BCUT2D eigenvalue weighted by Crippen LogP contribution is -2.06. The molecule has 0 fully saturated rings. The summed E-state index contributed by atoms with van der Waals surface area (Å²) in [4.78, 5) is 0. The molecule has 0 heterocycles. The maximum atomic E-state index is 3.53. The lowest BCUT2D eigenvalue weighted by molar-refractivity contribution is 0.884. The molecule has 0 aliphatic rings. The van der Waals surface area contributed by atoms with Crippen molar-refractivity contribution in [1.82, 2.24) is 0 Å². The number of hydrogen-bond acceptors (Lipinski definition) is 1. The predicted octanol–water partition coefficient (Wildman–Crippen LogP) is 5.03. The van der Waals surface area contributed by atoms with E-state index in [0.29, 0.717) is 6.04 Å². The molecule has 0 aromatic heterocycles. The van der Waals surface area contributed by atoms with Crippen molar-refractivity contribution in [1.29, 1.82) is 0 Å². The predicted molar refractivity (Wildman–Crippen MR) is 87.0 cm³/mol. The average Bonchev–Trinajstić information content (AvgIpc) is 2.40. The molecule has 18 heavy (non-hydrogen) atoms. The van der Waals surface area contributed by atoms with Crippen LogP contribution in [0, 0.1) is 3.57 Å². The van der Waals surface area contributed by atoms with Crippen molar-refractivity contribution in [3.8, 4) is 0 Å². The van der Waals surface area contributed by atoms with Crippen LogP contribution in [0.4, 0.5) is 5.69 Å². The van der Waals surface area contributed by atoms with Crippen molar-refractivity contribution in [3.05, 3.63) is 63.2 Å². The molecule has 0 aliphatic carbocycles. The summed E-state index contributed by atoms with van der Waals surface area (Å²) in [6, 6.07) is 17.7. The summed E-state index contributed by atoms with van der Waals surface area (Å²) in [5.74, 6) is 0. The van der Waals surface area contributed by atoms with E-state index in [9.17, 15) is 0 Å². The number of halogens is 1. The van der Waals surface area contributed by atoms with Crippen molar-refractivity contribution < 1.29 is 0 Å². The third-order valence-electron chi connectivity index (χ3n) is 3.12. The average molecular weight is 351 g/mol. The van der Waals surface area contributed by atoms with Crippen LogP contribution in [0.2, 0.25) is 0 Å². The minimum Gasteiger partial charge on any atom is -0.379 e. The Balaban J connectivity index is 2.05. The fourth-order valence-electron chi connectivity index (χ4n) is 1.92. The number of benzene rings is 2. The fraction of sp³-hybridized carbons (Fsp3) is 0.250. The van der Waals surface area contributed by atoms with Crippen LogP contribution in [0.1, 0.15) is 31.0 Å². The van der Waals surface area contributed by atoms with E-state index in [-0.39, 0.29) is 0 Å². The van der Waals surface area contributed by atoms with Gasteiger partial charge in [0.1, 0.15) is 0 Å². The van der Waals surface area contributed by atoms with Crippen LogP contribution in [0.15, 0.2) is 48.5 Å². The molecule has 1 N–H and O–H groups in total. The number of anilines is 1. The van der Waals surface area contributed by atoms with Gasteiger partial charge in [0.15, 0.2) is 0 Å². The molecular weight excluding hydrogens is 333 g/mol. The summed E-state index contributed by atoms with van der Waals surface area (Å²) >= 11 is 2.33. The van der Waals surface area contributed by atoms with E-state index in [0.717, 1.165) is 6.42 Å². The van der Waals surface area contributed by atoms with E-state index < -0.39 is 0 Å². The van der Waals surface area contributed by atoms with Crippen LogP contribution >= 0.6 is 22.6 Å². The third-order valence-corrected chi connectivity index (χ3v) is 3.83. The quantitative estimate of drug-likeness (QED) is 0.762. The Bertz CT molecular complexity index is 488. The number of aryl methyl sites for hydroxylation is 1. The van der Waals surface area contributed by atoms with Crippen LogP contribution in [-0.2, 0) is 6.42 Å². The highest BCUT2D eigenvalue weighted by atomic mass is 127. The Morgan fingerprint density at radius 1 is 1.00 bits per heavy atom. The molecule has 0 spiro atoms. The molecule has 2 aromatic rings. The molecule has 2 rings (SSSR count). The standard InChI is InChI=1S/C16H18IN/c1-3-13-4-10-16(11-5-13)18-12(2)14-6-8-15(17)9-7-14/h4-12,18H,3H2,1-2H3. The topological polar surface area (TPSA) is 12.0 Å². The fourth-order valence-corrected chi connectivity index (χ4v) is 2.28. The van der Waals surface area contributed by atoms with E-state index in [2.05, 4.69) is 90.3 Å². The first kappa shape index (κ1) is 13.4. The molecule has 94 valence electrons. The van der Waals surface area contributed by atoms with Gasteiger partial charge in [-0.25, -0.2) is 0 Å². The number of rotatable bonds is 4. The minimum atomic E-state index is 0.328. The van der Waals surface area contributed by atoms with Crippen LogP contribution in [0.5, 0.6) is 0 Å². The Hall–Kier alpha value is -1.03. The highest BCUT2D eigenvalue weighted by Gasteiger charge is 2.04. The first-order valence-electron chi connectivity index (χ1n) is 6.30. The Morgan fingerprint density at radius 3 is 2.17 bits per heavy atom. The lowest BCUT2D eigenvalue weighted by Gasteiger charge is -2.16. The first-order valence-corrected chi connectivity index (χ1v) is 7.38. The molecule has 0 saturated carbocycles. The lowest BCUT2D eigenvalue weighted by atomic mass is 10.1. The van der Waals surface area contributed by atoms with Crippen LogP contribution in [-0.4, -0.2) is 0 Å². The Kier molecular flexibility index (Phi) is 4.64. The second kappa shape index (κ2) is 6.23. The molecule has 0 bridgehead atoms. The largest absolute Gasteiger partial charge is 0.379 e. The van der Waals surface area contributed by atoms with Gasteiger partial charge in [-0.15, -0.1) is 0 Å². The molecule has 0 amide bonds. The Labute approximate surface area is 123 Å². The normalized spacial score (nSPS) is 12.2. The van der Waals surface area contributed by atoms with Gasteiger partial charge in [-0.05, 0) is 71.3 Å². The zero-order chi connectivity index (χ0) is 13.0. The molecule has 2 heteroatoms. The van der Waals surface area contributed by atoms with E-state index in [1.165, 1.54) is 20.4 Å². The maximum absolute atomic E-state index is 3.53. The molecule has 0 aliphatic heterocycles. The summed E-state index contributed by atoms with van der Waals surface area (Å²) in [6.07, 6.45) is 1.09. The highest BCUT2D eigenvalue weighted by Crippen LogP contribution is 2.20. The smallest absolute Gasteiger partial charge is 0.0485 e. The van der Waals surface area contributed by atoms with Gasteiger partial charge < -0.3 is 5.32 Å². The van der Waals surface area contributed by atoms with Gasteiger partial charge in [0.05, 0.1) is 0 Å². The van der Waals surface area contributed by atoms with Crippen molar-refractivity contribution in [2.75, 3.05) is 5.32 Å². The van der Waals surface area contributed by atoms with Crippen molar-refractivity contribution >= 4 is 28.3 Å². The van der Waals surface area contributed by atoms with E-state index in [1.54, 1.807) is 0 Å². The summed E-state index contributed by atoms with van der Waals surface area (Å²) in [6.45, 7) is 4.37. The first-order chi connectivity index (χ1) is 8.69. The zero-order valence-electron chi connectivity index (χ0n) is 10.8. The molecule has 0 saturated heterocycles. The monoisotopic (exact) mass is 351 g/mol. The molecular formula is C16H18IN. The number of nitrogens with one attached hydrogen (secondary N) is 1. The molecule has 1 unspecified atom stereocenters. The van der Waals surface area contributed by atoms with Gasteiger partial charge >= 0.3 is 0 Å². The molecule has 0 radical (unpaired) electrons. The number of hydrogen-bond donors (Lipinski definition) is 1. The third kappa shape index (κ3) is 3.48. The van der Waals surface area contributed by atoms with E-state index >= 15 is 0 Å². The van der Waals surface area contributed by atoms with Crippen LogP contribution < -0.4 is 5.32 Å². The highest BCUT2D eigenvalue weighted by molar-refractivity contribution is 14.1. The SMILES string of the molecule is CCc1ccc(NC(C)c2ccc(I)cc2)cc1. The molecule has 2 aromatic carbocycles. The van der Waals surface area contributed by atoms with Gasteiger partial charge in [-0.2, -0.15) is 0 Å². The van der Waals surface area contributed by atoms with Gasteiger partial charge in [-0.1, -0.05) is 31.2 Å². The second-order valence-electron chi connectivity index (χ2n) is 4.47. The van der Waals surface area contributed by atoms with Crippen molar-refractivity contribution in [2.24, 2.45) is 0 Å². The van der Waals surface area contributed by atoms with E-state index in [1.807, 2.05) is 0 Å². The maximum Gasteiger partial charge on any atom is 0.0485 e.